The van der Waals surface area contributed by atoms with Gasteiger partial charge >= 0.3 is 0 Å². The molecule has 0 fully saturated rings. The van der Waals surface area contributed by atoms with Crippen molar-refractivity contribution in [2.24, 2.45) is 0 Å². The van der Waals surface area contributed by atoms with Gasteiger partial charge in [0.1, 0.15) is 0 Å². The maximum atomic E-state index is 10.9. The van der Waals surface area contributed by atoms with Gasteiger partial charge in [-0.25, -0.2) is 4.98 Å². The van der Waals surface area contributed by atoms with E-state index in [1.54, 1.807) is 18.6 Å². The van der Waals surface area contributed by atoms with Gasteiger partial charge < -0.3 is 10.3 Å². The average molecular weight is 179 g/mol. The first-order valence-electron chi connectivity index (χ1n) is 4.20. The molecule has 1 heterocycles. The molecule has 13 heavy (non-hydrogen) atoms. The molecule has 0 atom stereocenters. The van der Waals surface area contributed by atoms with Crippen molar-refractivity contribution >= 4 is 5.91 Å². The summed E-state index contributed by atoms with van der Waals surface area (Å²) in [5.74, 6) is -0.0537. The van der Waals surface area contributed by atoms with Crippen LogP contribution in [0.1, 0.15) is 12.6 Å². The number of H-pyrrole nitrogens is 1. The fourth-order valence-corrected chi connectivity index (χ4v) is 0.952. The van der Waals surface area contributed by atoms with Gasteiger partial charge in [-0.1, -0.05) is 6.08 Å². The van der Waals surface area contributed by atoms with E-state index in [1.807, 2.05) is 6.92 Å². The van der Waals surface area contributed by atoms with E-state index in [4.69, 9.17) is 0 Å². The zero-order chi connectivity index (χ0) is 9.52. The molecule has 70 valence electrons. The van der Waals surface area contributed by atoms with Gasteiger partial charge in [-0.3, -0.25) is 4.79 Å². The van der Waals surface area contributed by atoms with Crippen molar-refractivity contribution in [2.45, 2.75) is 13.3 Å². The molecule has 0 saturated heterocycles. The molecule has 0 saturated carbocycles. The molecule has 4 nitrogen and oxygen atoms in total. The molecule has 0 bridgehead atoms. The van der Waals surface area contributed by atoms with Crippen molar-refractivity contribution in [1.29, 1.82) is 0 Å². The number of carbonyl (C=O) groups is 1. The van der Waals surface area contributed by atoms with E-state index in [-0.39, 0.29) is 5.91 Å². The van der Waals surface area contributed by atoms with Crippen molar-refractivity contribution in [2.75, 3.05) is 6.54 Å². The van der Waals surface area contributed by atoms with Gasteiger partial charge in [-0.05, 0) is 13.0 Å². The Hall–Kier alpha value is -1.58. The topological polar surface area (TPSA) is 57.8 Å². The molecule has 0 aliphatic heterocycles. The molecule has 2 N–H and O–H groups in total. The first kappa shape index (κ1) is 9.51. The highest BCUT2D eigenvalue weighted by atomic mass is 16.1. The lowest BCUT2D eigenvalue weighted by Crippen LogP contribution is -2.23. The van der Waals surface area contributed by atoms with Crippen LogP contribution in [0.3, 0.4) is 0 Å². The van der Waals surface area contributed by atoms with Crippen LogP contribution < -0.4 is 5.32 Å². The number of aromatic amines is 1. The molecule has 1 aromatic heterocycles. The maximum absolute atomic E-state index is 10.9. The molecular formula is C9H13N3O. The first-order valence-corrected chi connectivity index (χ1v) is 4.20. The van der Waals surface area contributed by atoms with Crippen LogP contribution in [-0.2, 0) is 11.2 Å². The monoisotopic (exact) mass is 179 g/mol. The normalized spacial score (nSPS) is 10.5. The van der Waals surface area contributed by atoms with E-state index in [9.17, 15) is 4.79 Å². The van der Waals surface area contributed by atoms with Crippen molar-refractivity contribution in [3.63, 3.8) is 0 Å². The van der Waals surface area contributed by atoms with Gasteiger partial charge in [-0.2, -0.15) is 0 Å². The number of hydrogen-bond acceptors (Lipinski definition) is 2. The molecule has 0 aliphatic carbocycles. The molecule has 0 radical (unpaired) electrons. The maximum Gasteiger partial charge on any atom is 0.243 e. The second-order valence-corrected chi connectivity index (χ2v) is 2.62. The van der Waals surface area contributed by atoms with E-state index in [0.29, 0.717) is 6.54 Å². The Morgan fingerprint density at radius 3 is 3.23 bits per heavy atom. The summed E-state index contributed by atoms with van der Waals surface area (Å²) in [6.07, 6.45) is 7.38. The minimum Gasteiger partial charge on any atom is -0.352 e. The number of amides is 1. The SMILES string of the molecule is CC=CC(=O)NCCc1cnc[nH]1. The quantitative estimate of drug-likeness (QED) is 0.666. The second-order valence-electron chi connectivity index (χ2n) is 2.62. The number of hydrogen-bond donors (Lipinski definition) is 2. The second kappa shape index (κ2) is 5.13. The van der Waals surface area contributed by atoms with Crippen LogP contribution >= 0.6 is 0 Å². The molecule has 0 aliphatic rings. The Morgan fingerprint density at radius 1 is 1.77 bits per heavy atom. The van der Waals surface area contributed by atoms with Gasteiger partial charge in [-0.15, -0.1) is 0 Å². The van der Waals surface area contributed by atoms with Crippen molar-refractivity contribution in [3.05, 3.63) is 30.4 Å². The summed E-state index contributed by atoms with van der Waals surface area (Å²) >= 11 is 0. The largest absolute Gasteiger partial charge is 0.352 e. The molecule has 0 aromatic carbocycles. The van der Waals surface area contributed by atoms with Gasteiger partial charge in [0.2, 0.25) is 5.91 Å². The zero-order valence-corrected chi connectivity index (χ0v) is 7.58. The van der Waals surface area contributed by atoms with E-state index < -0.39 is 0 Å². The van der Waals surface area contributed by atoms with Crippen molar-refractivity contribution < 1.29 is 4.79 Å². The van der Waals surface area contributed by atoms with Crippen LogP contribution in [0, 0.1) is 0 Å². The predicted octanol–water partition coefficient (Wildman–Crippen LogP) is 0.645. The number of aromatic nitrogens is 2. The van der Waals surface area contributed by atoms with Crippen LogP contribution in [-0.4, -0.2) is 22.4 Å². The first-order chi connectivity index (χ1) is 6.33. The number of allylic oxidation sites excluding steroid dienone is 1. The minimum absolute atomic E-state index is 0.0537. The van der Waals surface area contributed by atoms with E-state index in [1.165, 1.54) is 6.08 Å². The number of carbonyl (C=O) groups excluding carboxylic acids is 1. The fourth-order valence-electron chi connectivity index (χ4n) is 0.952. The van der Waals surface area contributed by atoms with E-state index in [2.05, 4.69) is 15.3 Å². The Balaban J connectivity index is 2.18. The lowest BCUT2D eigenvalue weighted by atomic mass is 10.3. The number of nitrogens with one attached hydrogen (secondary N) is 2. The van der Waals surface area contributed by atoms with E-state index >= 15 is 0 Å². The van der Waals surface area contributed by atoms with E-state index in [0.717, 1.165) is 12.1 Å². The molecule has 1 amide bonds. The third-order valence-electron chi connectivity index (χ3n) is 1.57. The number of nitrogens with zero attached hydrogens (tertiary/aromatic N) is 1. The third-order valence-corrected chi connectivity index (χ3v) is 1.57. The summed E-state index contributed by atoms with van der Waals surface area (Å²) < 4.78 is 0. The van der Waals surface area contributed by atoms with Gasteiger partial charge in [0.25, 0.3) is 0 Å². The van der Waals surface area contributed by atoms with Crippen LogP contribution in [0.5, 0.6) is 0 Å². The highest BCUT2D eigenvalue weighted by molar-refractivity contribution is 5.87. The smallest absolute Gasteiger partial charge is 0.243 e. The summed E-state index contributed by atoms with van der Waals surface area (Å²) in [7, 11) is 0. The fraction of sp³-hybridized carbons (Fsp3) is 0.333. The summed E-state index contributed by atoms with van der Waals surface area (Å²) in [5.41, 5.74) is 1.03. The Morgan fingerprint density at radius 2 is 2.62 bits per heavy atom. The van der Waals surface area contributed by atoms with Crippen LogP contribution in [0.2, 0.25) is 0 Å². The van der Waals surface area contributed by atoms with Gasteiger partial charge in [0, 0.05) is 24.9 Å². The molecule has 1 rings (SSSR count). The third kappa shape index (κ3) is 3.55. The summed E-state index contributed by atoms with van der Waals surface area (Å²) in [5, 5.41) is 2.75. The predicted molar refractivity (Wildman–Crippen MR) is 50.1 cm³/mol. The van der Waals surface area contributed by atoms with Crippen LogP contribution in [0.25, 0.3) is 0 Å². The number of imidazole rings is 1. The van der Waals surface area contributed by atoms with Crippen LogP contribution in [0.15, 0.2) is 24.7 Å². The lowest BCUT2D eigenvalue weighted by molar-refractivity contribution is -0.116. The van der Waals surface area contributed by atoms with Crippen LogP contribution in [0.4, 0.5) is 0 Å². The number of rotatable bonds is 4. The van der Waals surface area contributed by atoms with Gasteiger partial charge in [0.15, 0.2) is 0 Å². The van der Waals surface area contributed by atoms with Crippen molar-refractivity contribution in [3.8, 4) is 0 Å². The molecule has 4 heteroatoms. The zero-order valence-electron chi connectivity index (χ0n) is 7.58. The Bertz CT molecular complexity index is 277. The molecule has 0 unspecified atom stereocenters. The minimum atomic E-state index is -0.0537. The highest BCUT2D eigenvalue weighted by Gasteiger charge is 1.95. The average Bonchev–Trinajstić information content (AvgIpc) is 2.57. The molecule has 0 spiro atoms. The Kier molecular flexibility index (Phi) is 3.75. The highest BCUT2D eigenvalue weighted by Crippen LogP contribution is 1.90. The van der Waals surface area contributed by atoms with Crippen molar-refractivity contribution in [1.82, 2.24) is 15.3 Å². The molecular weight excluding hydrogens is 166 g/mol. The summed E-state index contributed by atoms with van der Waals surface area (Å²) in [6, 6.07) is 0. The summed E-state index contributed by atoms with van der Waals surface area (Å²) in [6.45, 7) is 2.44. The standard InChI is InChI=1S/C9H13N3O/c1-2-3-9(13)11-5-4-8-6-10-7-12-8/h2-3,6-7H,4-5H2,1H3,(H,10,12)(H,11,13). The summed E-state index contributed by atoms with van der Waals surface area (Å²) in [4.78, 5) is 17.8. The van der Waals surface area contributed by atoms with Gasteiger partial charge in [0.05, 0.1) is 6.33 Å². The molecule has 1 aromatic rings. The lowest BCUT2D eigenvalue weighted by Gasteiger charge is -1.99. The Labute approximate surface area is 77.1 Å².